The molecule has 30 heavy (non-hydrogen) atoms. The lowest BCUT2D eigenvalue weighted by atomic mass is 10.0. The Hall–Kier alpha value is -3.13. The van der Waals surface area contributed by atoms with Gasteiger partial charge in [0.05, 0.1) is 18.4 Å². The number of amides is 2. The summed E-state index contributed by atoms with van der Waals surface area (Å²) in [5, 5.41) is 7.90. The third-order valence-electron chi connectivity index (χ3n) is 5.19. The molecule has 7 nitrogen and oxygen atoms in total. The van der Waals surface area contributed by atoms with Gasteiger partial charge in [0.15, 0.2) is 0 Å². The molecule has 2 atom stereocenters. The minimum absolute atomic E-state index is 0.0701. The van der Waals surface area contributed by atoms with Gasteiger partial charge < -0.3 is 10.2 Å². The van der Waals surface area contributed by atoms with Gasteiger partial charge in [-0.25, -0.2) is 14.2 Å². The highest BCUT2D eigenvalue weighted by molar-refractivity contribution is 5.93. The topological polar surface area (TPSA) is 83.0 Å². The molecule has 2 aromatic heterocycles. The Kier molecular flexibility index (Phi) is 5.85. The summed E-state index contributed by atoms with van der Waals surface area (Å²) in [7, 11) is 0. The van der Waals surface area contributed by atoms with Crippen molar-refractivity contribution < 1.29 is 9.18 Å². The Morgan fingerprint density at radius 2 is 2.03 bits per heavy atom. The van der Waals surface area contributed by atoms with Crippen LogP contribution in [0.1, 0.15) is 20.3 Å². The molecule has 1 saturated heterocycles. The zero-order valence-corrected chi connectivity index (χ0v) is 17.0. The van der Waals surface area contributed by atoms with Crippen LogP contribution in [0.2, 0.25) is 0 Å². The van der Waals surface area contributed by atoms with E-state index in [2.05, 4.69) is 25.6 Å². The second-order valence-corrected chi connectivity index (χ2v) is 7.83. The summed E-state index contributed by atoms with van der Waals surface area (Å²) in [6.45, 7) is 4.56. The van der Waals surface area contributed by atoms with Gasteiger partial charge in [0.2, 0.25) is 0 Å². The number of urea groups is 1. The van der Waals surface area contributed by atoms with Crippen LogP contribution in [0.15, 0.2) is 49.1 Å². The molecule has 8 heteroatoms. The normalized spacial score (nSPS) is 19.3. The van der Waals surface area contributed by atoms with Gasteiger partial charge in [0.25, 0.3) is 0 Å². The standard InChI is InChI=1S/C22H25FN6O/c1-14(2)27-19-5-8-29(13-18(19)23)22(30)28-21-10-17-9-15(3-4-16(17)11-26-21)20-12-24-6-7-25-20/h3-4,6-7,9-12,14,18-19,27H,5,8,13H2,1-2H3,(H,26,28,30)/t18-,19-/m0/s1. The first-order valence-electron chi connectivity index (χ1n) is 10.1. The summed E-state index contributed by atoms with van der Waals surface area (Å²) in [6, 6.07) is 7.37. The molecular weight excluding hydrogens is 383 g/mol. The monoisotopic (exact) mass is 408 g/mol. The summed E-state index contributed by atoms with van der Waals surface area (Å²) < 4.78 is 14.5. The zero-order valence-electron chi connectivity index (χ0n) is 17.0. The highest BCUT2D eigenvalue weighted by Gasteiger charge is 2.31. The van der Waals surface area contributed by atoms with Crippen LogP contribution in [-0.2, 0) is 0 Å². The van der Waals surface area contributed by atoms with Crippen LogP contribution in [0, 0.1) is 0 Å². The van der Waals surface area contributed by atoms with Crippen LogP contribution in [0.5, 0.6) is 0 Å². The molecule has 1 fully saturated rings. The minimum Gasteiger partial charge on any atom is -0.321 e. The predicted octanol–water partition coefficient (Wildman–Crippen LogP) is 3.63. The molecule has 1 aliphatic rings. The van der Waals surface area contributed by atoms with Crippen molar-refractivity contribution in [3.05, 3.63) is 49.1 Å². The Morgan fingerprint density at radius 1 is 1.17 bits per heavy atom. The number of likely N-dealkylation sites (tertiary alicyclic amines) is 1. The van der Waals surface area contributed by atoms with Gasteiger partial charge in [-0.1, -0.05) is 26.0 Å². The maximum atomic E-state index is 14.5. The quantitative estimate of drug-likeness (QED) is 0.689. The van der Waals surface area contributed by atoms with Crippen molar-refractivity contribution in [3.63, 3.8) is 0 Å². The number of carbonyl (C=O) groups is 1. The number of pyridine rings is 1. The van der Waals surface area contributed by atoms with E-state index in [1.807, 2.05) is 38.1 Å². The molecule has 1 aromatic carbocycles. The number of alkyl halides is 1. The summed E-state index contributed by atoms with van der Waals surface area (Å²) >= 11 is 0. The van der Waals surface area contributed by atoms with E-state index in [9.17, 15) is 9.18 Å². The molecule has 0 radical (unpaired) electrons. The SMILES string of the molecule is CC(C)N[C@H]1CCN(C(=O)Nc2cc3cc(-c4cnccn4)ccc3cn2)C[C@@H]1F. The number of carbonyl (C=O) groups excluding carboxylic acids is 1. The summed E-state index contributed by atoms with van der Waals surface area (Å²) in [5.41, 5.74) is 1.70. The van der Waals surface area contributed by atoms with E-state index in [1.54, 1.807) is 24.8 Å². The molecule has 3 heterocycles. The first-order valence-corrected chi connectivity index (χ1v) is 10.1. The lowest BCUT2D eigenvalue weighted by Gasteiger charge is -2.35. The van der Waals surface area contributed by atoms with Crippen LogP contribution < -0.4 is 10.6 Å². The zero-order chi connectivity index (χ0) is 21.1. The van der Waals surface area contributed by atoms with Crippen molar-refractivity contribution in [2.75, 3.05) is 18.4 Å². The molecule has 0 bridgehead atoms. The third kappa shape index (κ3) is 4.54. The van der Waals surface area contributed by atoms with Crippen LogP contribution in [0.3, 0.4) is 0 Å². The Bertz CT molecular complexity index is 1030. The second-order valence-electron chi connectivity index (χ2n) is 7.83. The Labute approximate surface area is 174 Å². The highest BCUT2D eigenvalue weighted by atomic mass is 19.1. The van der Waals surface area contributed by atoms with E-state index in [4.69, 9.17) is 0 Å². The number of nitrogens with one attached hydrogen (secondary N) is 2. The maximum Gasteiger partial charge on any atom is 0.323 e. The maximum absolute atomic E-state index is 14.5. The number of fused-ring (bicyclic) bond motifs is 1. The van der Waals surface area contributed by atoms with E-state index in [1.165, 1.54) is 4.90 Å². The van der Waals surface area contributed by atoms with E-state index in [0.29, 0.717) is 18.8 Å². The average Bonchev–Trinajstić information content (AvgIpc) is 2.75. The van der Waals surface area contributed by atoms with Crippen molar-refractivity contribution in [2.24, 2.45) is 0 Å². The molecule has 0 aliphatic carbocycles. The Morgan fingerprint density at radius 3 is 2.77 bits per heavy atom. The summed E-state index contributed by atoms with van der Waals surface area (Å²) in [5.74, 6) is 0.432. The minimum atomic E-state index is -1.09. The van der Waals surface area contributed by atoms with Crippen LogP contribution >= 0.6 is 0 Å². The summed E-state index contributed by atoms with van der Waals surface area (Å²) in [4.78, 5) is 26.9. The highest BCUT2D eigenvalue weighted by Crippen LogP contribution is 2.24. The molecule has 0 saturated carbocycles. The molecular formula is C22H25FN6O. The lowest BCUT2D eigenvalue weighted by molar-refractivity contribution is 0.119. The van der Waals surface area contributed by atoms with E-state index in [-0.39, 0.29) is 24.7 Å². The fourth-order valence-electron chi connectivity index (χ4n) is 3.71. The van der Waals surface area contributed by atoms with Crippen LogP contribution in [0.4, 0.5) is 15.0 Å². The number of hydrogen-bond acceptors (Lipinski definition) is 5. The number of halogens is 1. The first-order chi connectivity index (χ1) is 14.5. The van der Waals surface area contributed by atoms with Gasteiger partial charge in [-0.05, 0) is 23.9 Å². The molecule has 0 unspecified atom stereocenters. The van der Waals surface area contributed by atoms with Crippen molar-refractivity contribution in [1.82, 2.24) is 25.2 Å². The largest absolute Gasteiger partial charge is 0.323 e. The number of aromatic nitrogens is 3. The molecule has 156 valence electrons. The van der Waals surface area contributed by atoms with Gasteiger partial charge >= 0.3 is 6.03 Å². The van der Waals surface area contributed by atoms with E-state index >= 15 is 0 Å². The Balaban J connectivity index is 1.46. The third-order valence-corrected chi connectivity index (χ3v) is 5.19. The van der Waals surface area contributed by atoms with Crippen LogP contribution in [-0.4, -0.2) is 57.2 Å². The van der Waals surface area contributed by atoms with Crippen LogP contribution in [0.25, 0.3) is 22.0 Å². The molecule has 4 rings (SSSR count). The number of benzene rings is 1. The van der Waals surface area contributed by atoms with Crippen molar-refractivity contribution in [2.45, 2.75) is 38.5 Å². The molecule has 2 amide bonds. The summed E-state index contributed by atoms with van der Waals surface area (Å²) in [6.07, 6.45) is 6.19. The fraction of sp³-hybridized carbons (Fsp3) is 0.364. The van der Waals surface area contributed by atoms with Gasteiger partial charge in [0, 0.05) is 48.2 Å². The number of anilines is 1. The number of piperidine rings is 1. The lowest BCUT2D eigenvalue weighted by Crippen LogP contribution is -2.54. The predicted molar refractivity (Wildman–Crippen MR) is 115 cm³/mol. The van der Waals surface area contributed by atoms with Crippen molar-refractivity contribution in [3.8, 4) is 11.3 Å². The van der Waals surface area contributed by atoms with E-state index in [0.717, 1.165) is 22.0 Å². The number of hydrogen-bond donors (Lipinski definition) is 2. The fourth-order valence-corrected chi connectivity index (χ4v) is 3.71. The van der Waals surface area contributed by atoms with E-state index < -0.39 is 6.17 Å². The number of nitrogens with zero attached hydrogens (tertiary/aromatic N) is 4. The molecule has 2 N–H and O–H groups in total. The van der Waals surface area contributed by atoms with Gasteiger partial charge in [-0.15, -0.1) is 0 Å². The smallest absolute Gasteiger partial charge is 0.321 e. The van der Waals surface area contributed by atoms with Gasteiger partial charge in [0.1, 0.15) is 12.0 Å². The van der Waals surface area contributed by atoms with Gasteiger partial charge in [-0.3, -0.25) is 15.3 Å². The average molecular weight is 408 g/mol. The van der Waals surface area contributed by atoms with Crippen molar-refractivity contribution in [1.29, 1.82) is 0 Å². The first kappa shape index (κ1) is 20.2. The molecule has 3 aromatic rings. The van der Waals surface area contributed by atoms with Crippen molar-refractivity contribution >= 4 is 22.6 Å². The molecule has 0 spiro atoms. The van der Waals surface area contributed by atoms with Gasteiger partial charge in [-0.2, -0.15) is 0 Å². The molecule has 1 aliphatic heterocycles. The second kappa shape index (κ2) is 8.71. The number of rotatable bonds is 4.